The van der Waals surface area contributed by atoms with Gasteiger partial charge in [-0.3, -0.25) is 5.01 Å². The fraction of sp³-hybridized carbons (Fsp3) is 0.414. The van der Waals surface area contributed by atoms with E-state index < -0.39 is 28.5 Å². The predicted molar refractivity (Wildman–Crippen MR) is 165 cm³/mol. The predicted octanol–water partition coefficient (Wildman–Crippen LogP) is 8.21. The quantitative estimate of drug-likeness (QED) is 0.131. The van der Waals surface area contributed by atoms with E-state index in [1.54, 1.807) is 24.3 Å². The lowest BCUT2D eigenvalue weighted by Gasteiger charge is -2.40. The van der Waals surface area contributed by atoms with E-state index >= 15 is 0 Å². The molecule has 13 heteroatoms. The standard InChI is InChI=1S/C29H32Cl2F3N3O3S2/c1-19-25(28(41)37(35(2)3)22-7-5-4-6-8-22)18-27(24-14-9-20(30)17-26(24)31)36(19)21-10-12-23(13-11-21)40-42(38,39)16-15-29(32,33)34/h9-14,17-18,22H,4-8,15-16H2,1-3H3. The van der Waals surface area contributed by atoms with Crippen LogP contribution in [-0.2, 0) is 10.1 Å². The first kappa shape index (κ1) is 32.6. The molecule has 0 bridgehead atoms. The van der Waals surface area contributed by atoms with Crippen molar-refractivity contribution in [2.45, 2.75) is 57.7 Å². The zero-order valence-corrected chi connectivity index (χ0v) is 26.6. The third-order valence-corrected chi connectivity index (χ3v) is 9.30. The topological polar surface area (TPSA) is 54.8 Å². The Morgan fingerprint density at radius 1 is 1.05 bits per heavy atom. The number of hydrogen-bond acceptors (Lipinski definition) is 5. The van der Waals surface area contributed by atoms with Crippen molar-refractivity contribution in [2.75, 3.05) is 19.8 Å². The molecule has 0 amide bonds. The van der Waals surface area contributed by atoms with Crippen molar-refractivity contribution in [3.63, 3.8) is 0 Å². The lowest BCUT2D eigenvalue weighted by molar-refractivity contribution is -0.130. The number of thiocarbonyl (C=S) groups is 1. The van der Waals surface area contributed by atoms with E-state index in [0.717, 1.165) is 42.6 Å². The molecule has 42 heavy (non-hydrogen) atoms. The zero-order valence-electron chi connectivity index (χ0n) is 23.4. The van der Waals surface area contributed by atoms with Crippen molar-refractivity contribution < 1.29 is 25.8 Å². The van der Waals surface area contributed by atoms with Gasteiger partial charge in [-0.05, 0) is 68.3 Å². The molecule has 228 valence electrons. The van der Waals surface area contributed by atoms with Crippen molar-refractivity contribution >= 4 is 50.5 Å². The van der Waals surface area contributed by atoms with Crippen LogP contribution in [0.2, 0.25) is 10.0 Å². The van der Waals surface area contributed by atoms with Crippen LogP contribution >= 0.6 is 35.4 Å². The molecule has 0 atom stereocenters. The highest BCUT2D eigenvalue weighted by Gasteiger charge is 2.31. The Labute approximate surface area is 260 Å². The van der Waals surface area contributed by atoms with Crippen LogP contribution in [0.4, 0.5) is 13.2 Å². The van der Waals surface area contributed by atoms with Gasteiger partial charge in [0.15, 0.2) is 0 Å². The third kappa shape index (κ3) is 7.79. The Bertz CT molecular complexity index is 1540. The number of benzene rings is 2. The van der Waals surface area contributed by atoms with Crippen molar-refractivity contribution in [3.8, 4) is 22.7 Å². The summed E-state index contributed by atoms with van der Waals surface area (Å²) in [7, 11) is -0.478. The van der Waals surface area contributed by atoms with Gasteiger partial charge >= 0.3 is 16.3 Å². The van der Waals surface area contributed by atoms with Gasteiger partial charge in [0.1, 0.15) is 10.7 Å². The van der Waals surface area contributed by atoms with Gasteiger partial charge in [0.25, 0.3) is 0 Å². The van der Waals surface area contributed by atoms with Gasteiger partial charge in [-0.1, -0.05) is 54.7 Å². The minimum Gasteiger partial charge on any atom is -0.382 e. The molecule has 1 aromatic heterocycles. The molecule has 1 aliphatic carbocycles. The molecule has 0 radical (unpaired) electrons. The lowest BCUT2D eigenvalue weighted by atomic mass is 9.94. The molecule has 0 unspecified atom stereocenters. The minimum absolute atomic E-state index is 0.0939. The number of rotatable bonds is 9. The van der Waals surface area contributed by atoms with Crippen LogP contribution in [0.15, 0.2) is 48.5 Å². The largest absolute Gasteiger partial charge is 0.390 e. The van der Waals surface area contributed by atoms with Crippen LogP contribution in [0.5, 0.6) is 5.75 Å². The molecule has 0 saturated heterocycles. The fourth-order valence-corrected chi connectivity index (χ4v) is 7.25. The van der Waals surface area contributed by atoms with Crippen LogP contribution in [0.25, 0.3) is 16.9 Å². The third-order valence-electron chi connectivity index (χ3n) is 7.20. The Balaban J connectivity index is 1.75. The molecule has 1 saturated carbocycles. The number of nitrogens with zero attached hydrogens (tertiary/aromatic N) is 3. The second kappa shape index (κ2) is 13.1. The highest BCUT2D eigenvalue weighted by atomic mass is 35.5. The van der Waals surface area contributed by atoms with Crippen LogP contribution < -0.4 is 4.18 Å². The van der Waals surface area contributed by atoms with Gasteiger partial charge in [0.2, 0.25) is 0 Å². The summed E-state index contributed by atoms with van der Waals surface area (Å²) < 4.78 is 68.7. The summed E-state index contributed by atoms with van der Waals surface area (Å²) in [6.45, 7) is 1.94. The maximum Gasteiger partial charge on any atom is 0.390 e. The van der Waals surface area contributed by atoms with Crippen LogP contribution in [0.3, 0.4) is 0 Å². The van der Waals surface area contributed by atoms with E-state index in [9.17, 15) is 21.6 Å². The molecule has 1 heterocycles. The van der Waals surface area contributed by atoms with Gasteiger partial charge in [0, 0.05) is 47.7 Å². The Morgan fingerprint density at radius 2 is 1.69 bits per heavy atom. The van der Waals surface area contributed by atoms with E-state index in [-0.39, 0.29) is 11.8 Å². The fourth-order valence-electron chi connectivity index (χ4n) is 5.25. The summed E-state index contributed by atoms with van der Waals surface area (Å²) in [5.74, 6) is -1.26. The average molecular weight is 663 g/mol. The van der Waals surface area contributed by atoms with E-state index in [2.05, 4.69) is 5.01 Å². The molecule has 0 N–H and O–H groups in total. The number of hydrazine groups is 1. The molecule has 2 aromatic carbocycles. The Kier molecular flexibility index (Phi) is 10.2. The van der Waals surface area contributed by atoms with E-state index in [1.807, 2.05) is 42.7 Å². The minimum atomic E-state index is -4.61. The number of aromatic nitrogens is 1. The molecule has 1 fully saturated rings. The Morgan fingerprint density at radius 3 is 2.26 bits per heavy atom. The zero-order chi connectivity index (χ0) is 30.8. The highest BCUT2D eigenvalue weighted by molar-refractivity contribution is 7.87. The van der Waals surface area contributed by atoms with E-state index in [4.69, 9.17) is 39.6 Å². The molecule has 0 spiro atoms. The lowest BCUT2D eigenvalue weighted by Crippen LogP contribution is -2.49. The molecular formula is C29H32Cl2F3N3O3S2. The second-order valence-corrected chi connectivity index (χ2v) is 13.4. The summed E-state index contributed by atoms with van der Waals surface area (Å²) in [6, 6.07) is 13.5. The first-order valence-electron chi connectivity index (χ1n) is 13.4. The Hall–Kier alpha value is -2.31. The summed E-state index contributed by atoms with van der Waals surface area (Å²) in [6.07, 6.45) is -0.518. The number of hydrogen-bond donors (Lipinski definition) is 0. The van der Waals surface area contributed by atoms with E-state index in [0.29, 0.717) is 26.3 Å². The highest BCUT2D eigenvalue weighted by Crippen LogP contribution is 2.37. The normalized spacial score (nSPS) is 14.8. The van der Waals surface area contributed by atoms with E-state index in [1.165, 1.54) is 18.6 Å². The molecule has 0 aliphatic heterocycles. The average Bonchev–Trinajstić information content (AvgIpc) is 3.24. The van der Waals surface area contributed by atoms with Crippen molar-refractivity contribution in [1.82, 2.24) is 14.6 Å². The summed E-state index contributed by atoms with van der Waals surface area (Å²) in [5, 5.41) is 5.11. The smallest absolute Gasteiger partial charge is 0.382 e. The summed E-state index contributed by atoms with van der Waals surface area (Å²) >= 11 is 18.9. The molecule has 4 rings (SSSR count). The summed E-state index contributed by atoms with van der Waals surface area (Å²) in [4.78, 5) is 0.671. The first-order chi connectivity index (χ1) is 19.7. The van der Waals surface area contributed by atoms with Crippen molar-refractivity contribution in [2.24, 2.45) is 0 Å². The van der Waals surface area contributed by atoms with Gasteiger partial charge in [0.05, 0.1) is 22.9 Å². The van der Waals surface area contributed by atoms with Crippen molar-refractivity contribution in [3.05, 3.63) is 69.8 Å². The second-order valence-electron chi connectivity index (χ2n) is 10.5. The van der Waals surface area contributed by atoms with Crippen molar-refractivity contribution in [1.29, 1.82) is 0 Å². The molecule has 1 aliphatic rings. The summed E-state index contributed by atoms with van der Waals surface area (Å²) in [5.41, 5.74) is 3.76. The van der Waals surface area contributed by atoms with Gasteiger partial charge in [-0.2, -0.15) is 21.6 Å². The number of alkyl halides is 3. The molecule has 3 aromatic rings. The van der Waals surface area contributed by atoms with Crippen LogP contribution in [-0.4, -0.2) is 60.1 Å². The number of halogens is 5. The van der Waals surface area contributed by atoms with Gasteiger partial charge < -0.3 is 8.75 Å². The van der Waals surface area contributed by atoms with Crippen LogP contribution in [0.1, 0.15) is 49.8 Å². The SMILES string of the molecule is Cc1c(C(=S)N(C2CCCCC2)N(C)C)cc(-c2ccc(Cl)cc2Cl)n1-c1ccc(OS(=O)(=O)CCC(F)(F)F)cc1. The maximum absolute atomic E-state index is 12.5. The monoisotopic (exact) mass is 661 g/mol. The first-order valence-corrected chi connectivity index (χ1v) is 16.2. The molecule has 6 nitrogen and oxygen atoms in total. The maximum atomic E-state index is 12.5. The van der Waals surface area contributed by atoms with Crippen LogP contribution in [0, 0.1) is 6.92 Å². The molecular weight excluding hydrogens is 630 g/mol. The van der Waals surface area contributed by atoms with Gasteiger partial charge in [-0.25, -0.2) is 5.01 Å². The van der Waals surface area contributed by atoms with Gasteiger partial charge in [-0.15, -0.1) is 0 Å².